The molecule has 0 unspecified atom stereocenters. The van der Waals surface area contributed by atoms with Gasteiger partial charge in [-0.1, -0.05) is 61.9 Å². The van der Waals surface area contributed by atoms with Crippen LogP contribution in [0.4, 0.5) is 0 Å². The molecule has 0 radical (unpaired) electrons. The SMILES string of the molecule is CCCCn1c2ccccc2c(=O)c2cc(C(=O)Oc3ccccc3)c(C(=O)Oc3ccccc3)cc21. The number of unbranched alkanes of at least 4 members (excludes halogenated alkanes) is 1. The third-order valence-electron chi connectivity index (χ3n) is 6.19. The van der Waals surface area contributed by atoms with Crippen molar-refractivity contribution in [2.75, 3.05) is 0 Å². The van der Waals surface area contributed by atoms with Gasteiger partial charge in [0.05, 0.1) is 22.2 Å². The van der Waals surface area contributed by atoms with Gasteiger partial charge in [-0.25, -0.2) is 9.59 Å². The number of fused-ring (bicyclic) bond motifs is 2. The quantitative estimate of drug-likeness (QED) is 0.150. The first-order valence-electron chi connectivity index (χ1n) is 12.2. The Labute approximate surface area is 213 Å². The smallest absolute Gasteiger partial charge is 0.344 e. The van der Waals surface area contributed by atoms with Crippen LogP contribution in [0.3, 0.4) is 0 Å². The molecule has 6 heteroatoms. The molecule has 4 aromatic carbocycles. The Kier molecular flexibility index (Phi) is 6.81. The van der Waals surface area contributed by atoms with Crippen LogP contribution in [0, 0.1) is 0 Å². The minimum atomic E-state index is -0.749. The molecule has 0 saturated heterocycles. The molecule has 0 fully saturated rings. The molecular formula is C31H25NO5. The average molecular weight is 492 g/mol. The van der Waals surface area contributed by atoms with Gasteiger partial charge in [0.25, 0.3) is 0 Å². The second kappa shape index (κ2) is 10.5. The van der Waals surface area contributed by atoms with Crippen molar-refractivity contribution >= 4 is 33.7 Å². The number of aromatic nitrogens is 1. The lowest BCUT2D eigenvalue weighted by Crippen LogP contribution is -2.20. The number of esters is 2. The van der Waals surface area contributed by atoms with E-state index in [4.69, 9.17) is 9.47 Å². The molecule has 0 N–H and O–H groups in total. The van der Waals surface area contributed by atoms with Gasteiger partial charge in [-0.3, -0.25) is 4.79 Å². The van der Waals surface area contributed by atoms with Crippen LogP contribution in [0.25, 0.3) is 21.8 Å². The Morgan fingerprint density at radius 3 is 1.81 bits per heavy atom. The van der Waals surface area contributed by atoms with Gasteiger partial charge >= 0.3 is 11.9 Å². The highest BCUT2D eigenvalue weighted by atomic mass is 16.5. The molecule has 0 aliphatic carbocycles. The zero-order valence-electron chi connectivity index (χ0n) is 20.3. The fourth-order valence-corrected chi connectivity index (χ4v) is 4.37. The van der Waals surface area contributed by atoms with E-state index in [-0.39, 0.29) is 16.6 Å². The summed E-state index contributed by atoms with van der Waals surface area (Å²) >= 11 is 0. The summed E-state index contributed by atoms with van der Waals surface area (Å²) in [6, 6.07) is 27.6. The number of carbonyl (C=O) groups excluding carboxylic acids is 2. The largest absolute Gasteiger partial charge is 0.423 e. The summed E-state index contributed by atoms with van der Waals surface area (Å²) in [4.78, 5) is 40.3. The number of nitrogens with zero attached hydrogens (tertiary/aromatic N) is 1. The van der Waals surface area contributed by atoms with Gasteiger partial charge in [-0.15, -0.1) is 0 Å². The summed E-state index contributed by atoms with van der Waals surface area (Å²) in [5, 5.41) is 0.888. The number of para-hydroxylation sites is 3. The standard InChI is InChI=1S/C31H25NO5/c1-2-3-18-32-27-17-11-10-16-23(27)29(33)26-19-24(30(34)36-21-12-6-4-7-13-21)25(20-28(26)32)31(35)37-22-14-8-5-9-15-22/h4-17,19-20H,2-3,18H2,1H3. The second-order valence-electron chi connectivity index (χ2n) is 8.67. The van der Waals surface area contributed by atoms with Crippen LogP contribution >= 0.6 is 0 Å². The highest BCUT2D eigenvalue weighted by Gasteiger charge is 2.24. The second-order valence-corrected chi connectivity index (χ2v) is 8.67. The minimum absolute atomic E-state index is 0.0252. The van der Waals surface area contributed by atoms with Gasteiger partial charge in [-0.05, 0) is 55.0 Å². The van der Waals surface area contributed by atoms with Gasteiger partial charge in [0, 0.05) is 17.3 Å². The monoisotopic (exact) mass is 491 g/mol. The third kappa shape index (κ3) is 4.86. The van der Waals surface area contributed by atoms with Crippen LogP contribution in [-0.4, -0.2) is 16.5 Å². The highest BCUT2D eigenvalue weighted by molar-refractivity contribution is 6.09. The van der Waals surface area contributed by atoms with Crippen molar-refractivity contribution in [2.24, 2.45) is 0 Å². The normalized spacial score (nSPS) is 10.9. The Hall–Kier alpha value is -4.71. The Balaban J connectivity index is 1.73. The summed E-state index contributed by atoms with van der Waals surface area (Å²) in [5.74, 6) is -0.790. The van der Waals surface area contributed by atoms with E-state index in [0.717, 1.165) is 18.4 Å². The number of hydrogen-bond acceptors (Lipinski definition) is 5. The maximum Gasteiger partial charge on any atom is 0.344 e. The van der Waals surface area contributed by atoms with Gasteiger partial charge in [0.1, 0.15) is 11.5 Å². The summed E-state index contributed by atoms with van der Waals surface area (Å²) in [7, 11) is 0. The van der Waals surface area contributed by atoms with Crippen molar-refractivity contribution in [1.29, 1.82) is 0 Å². The number of hydrogen-bond donors (Lipinski definition) is 0. The van der Waals surface area contributed by atoms with E-state index in [1.54, 1.807) is 66.7 Å². The first-order valence-corrected chi connectivity index (χ1v) is 12.2. The van der Waals surface area contributed by atoms with E-state index in [1.165, 1.54) is 6.07 Å². The zero-order chi connectivity index (χ0) is 25.8. The van der Waals surface area contributed by atoms with Gasteiger partial charge < -0.3 is 14.0 Å². The van der Waals surface area contributed by atoms with E-state index in [2.05, 4.69) is 6.92 Å². The predicted molar refractivity (Wildman–Crippen MR) is 143 cm³/mol. The van der Waals surface area contributed by atoms with E-state index < -0.39 is 11.9 Å². The van der Waals surface area contributed by atoms with Crippen molar-refractivity contribution in [3.63, 3.8) is 0 Å². The molecule has 184 valence electrons. The summed E-state index contributed by atoms with van der Waals surface area (Å²) in [6.07, 6.45) is 1.83. The molecule has 0 amide bonds. The molecule has 0 spiro atoms. The molecule has 0 atom stereocenters. The molecule has 0 saturated carbocycles. The first-order chi connectivity index (χ1) is 18.1. The first kappa shape index (κ1) is 24.0. The number of rotatable bonds is 7. The maximum atomic E-state index is 13.5. The van der Waals surface area contributed by atoms with Crippen molar-refractivity contribution in [3.05, 3.63) is 118 Å². The molecule has 0 aliphatic heterocycles. The molecular weight excluding hydrogens is 466 g/mol. The Bertz CT molecular complexity index is 1660. The van der Waals surface area contributed by atoms with Crippen LogP contribution < -0.4 is 14.9 Å². The van der Waals surface area contributed by atoms with Gasteiger partial charge in [0.2, 0.25) is 0 Å². The molecule has 5 aromatic rings. The number of benzene rings is 4. The van der Waals surface area contributed by atoms with Crippen molar-refractivity contribution in [3.8, 4) is 11.5 Å². The fourth-order valence-electron chi connectivity index (χ4n) is 4.37. The zero-order valence-corrected chi connectivity index (χ0v) is 20.3. The van der Waals surface area contributed by atoms with Crippen molar-refractivity contribution in [2.45, 2.75) is 26.3 Å². The summed E-state index contributed by atoms with van der Waals surface area (Å²) in [6.45, 7) is 2.74. The Morgan fingerprint density at radius 1 is 0.676 bits per heavy atom. The number of carbonyl (C=O) groups is 2. The van der Waals surface area contributed by atoms with E-state index in [0.29, 0.717) is 34.3 Å². The predicted octanol–water partition coefficient (Wildman–Crippen LogP) is 6.39. The van der Waals surface area contributed by atoms with Crippen LogP contribution in [0.1, 0.15) is 40.5 Å². The average Bonchev–Trinajstić information content (AvgIpc) is 2.93. The molecule has 0 aliphatic rings. The van der Waals surface area contributed by atoms with E-state index in [9.17, 15) is 14.4 Å². The molecule has 0 bridgehead atoms. The lowest BCUT2D eigenvalue weighted by Gasteiger charge is -2.17. The van der Waals surface area contributed by atoms with Crippen LogP contribution in [0.15, 0.2) is 102 Å². The summed E-state index contributed by atoms with van der Waals surface area (Å²) < 4.78 is 13.2. The van der Waals surface area contributed by atoms with Gasteiger partial charge in [0.15, 0.2) is 5.43 Å². The minimum Gasteiger partial charge on any atom is -0.423 e. The fraction of sp³-hybridized carbons (Fsp3) is 0.129. The lowest BCUT2D eigenvalue weighted by atomic mass is 10.0. The number of aryl methyl sites for hydroxylation is 1. The molecule has 6 nitrogen and oxygen atoms in total. The van der Waals surface area contributed by atoms with Crippen LogP contribution in [0.2, 0.25) is 0 Å². The van der Waals surface area contributed by atoms with Crippen LogP contribution in [0.5, 0.6) is 11.5 Å². The number of ether oxygens (including phenoxy) is 2. The van der Waals surface area contributed by atoms with E-state index >= 15 is 0 Å². The maximum absolute atomic E-state index is 13.5. The number of pyridine rings is 1. The van der Waals surface area contributed by atoms with Crippen LogP contribution in [-0.2, 0) is 6.54 Å². The summed E-state index contributed by atoms with van der Waals surface area (Å²) in [5.41, 5.74) is 1.11. The molecule has 5 rings (SSSR count). The van der Waals surface area contributed by atoms with Gasteiger partial charge in [-0.2, -0.15) is 0 Å². The van der Waals surface area contributed by atoms with E-state index in [1.807, 2.05) is 28.8 Å². The Morgan fingerprint density at radius 2 is 1.22 bits per heavy atom. The third-order valence-corrected chi connectivity index (χ3v) is 6.19. The molecule has 1 aromatic heterocycles. The van der Waals surface area contributed by atoms with Crippen molar-refractivity contribution < 1.29 is 19.1 Å². The molecule has 1 heterocycles. The molecule has 37 heavy (non-hydrogen) atoms. The highest BCUT2D eigenvalue weighted by Crippen LogP contribution is 2.26. The topological polar surface area (TPSA) is 74.6 Å². The van der Waals surface area contributed by atoms with Crippen molar-refractivity contribution in [1.82, 2.24) is 4.57 Å². The lowest BCUT2D eigenvalue weighted by molar-refractivity contribution is 0.0692.